The lowest BCUT2D eigenvalue weighted by Gasteiger charge is -2.34. The first kappa shape index (κ1) is 22.8. The molecule has 3 aromatic carbocycles. The largest absolute Gasteiger partial charge is 0.419 e. The fourth-order valence-corrected chi connectivity index (χ4v) is 5.32. The highest BCUT2D eigenvalue weighted by atomic mass is 32.2. The Labute approximate surface area is 202 Å². The average molecular weight is 492 g/mol. The van der Waals surface area contributed by atoms with Crippen molar-refractivity contribution >= 4 is 21.6 Å². The number of halogens is 1. The normalized spacial score (nSPS) is 14.2. The van der Waals surface area contributed by atoms with E-state index < -0.39 is 15.7 Å². The van der Waals surface area contributed by atoms with Crippen LogP contribution in [0.4, 0.5) is 10.3 Å². The van der Waals surface area contributed by atoms with Crippen LogP contribution in [0.5, 0.6) is 0 Å². The summed E-state index contributed by atoms with van der Waals surface area (Å²) in [5.74, 6) is -0.305. The Bertz CT molecular complexity index is 1430. The molecule has 0 aliphatic carbocycles. The smallest absolute Gasteiger partial charge is 0.253 e. The van der Waals surface area contributed by atoms with Crippen LogP contribution in [0.3, 0.4) is 0 Å². The molecule has 0 spiro atoms. The minimum Gasteiger partial charge on any atom is -0.419 e. The van der Waals surface area contributed by atoms with Crippen molar-refractivity contribution in [3.63, 3.8) is 0 Å². The van der Waals surface area contributed by atoms with E-state index in [2.05, 4.69) is 4.98 Å². The maximum absolute atomic E-state index is 13.5. The van der Waals surface area contributed by atoms with Gasteiger partial charge in [0.15, 0.2) is 0 Å². The predicted octanol–water partition coefficient (Wildman–Crippen LogP) is 4.28. The molecule has 1 fully saturated rings. The van der Waals surface area contributed by atoms with Gasteiger partial charge in [-0.2, -0.15) is 4.98 Å². The molecule has 7 nitrogen and oxygen atoms in total. The molecule has 0 N–H and O–H groups in total. The zero-order valence-corrected chi connectivity index (χ0v) is 19.5. The lowest BCUT2D eigenvalue weighted by atomic mass is 10.2. The van der Waals surface area contributed by atoms with Crippen molar-refractivity contribution in [2.24, 2.45) is 0 Å². The van der Waals surface area contributed by atoms with E-state index in [1.807, 2.05) is 18.2 Å². The molecule has 1 aliphatic heterocycles. The fraction of sp³-hybridized carbons (Fsp3) is 0.154. The molecule has 1 saturated heterocycles. The molecular weight excluding hydrogens is 469 g/mol. The Morgan fingerprint density at radius 1 is 0.829 bits per heavy atom. The molecule has 4 aromatic rings. The van der Waals surface area contributed by atoms with Crippen molar-refractivity contribution < 1.29 is 22.0 Å². The van der Waals surface area contributed by atoms with Crippen LogP contribution in [0.1, 0.15) is 10.4 Å². The number of benzene rings is 3. The van der Waals surface area contributed by atoms with E-state index in [4.69, 9.17) is 4.42 Å². The lowest BCUT2D eigenvalue weighted by Crippen LogP contribution is -2.49. The Balaban J connectivity index is 1.47. The summed E-state index contributed by atoms with van der Waals surface area (Å²) in [6.07, 6.45) is 0. The highest BCUT2D eigenvalue weighted by molar-refractivity contribution is 7.91. The quantitative estimate of drug-likeness (QED) is 0.415. The standard InChI is InChI=1S/C26H22FN3O4S/c27-21-13-11-19(12-14-21)23-28-24(35(32,33)22-9-5-2-6-10-22)26(34-23)30-17-15-29(16-18-30)25(31)20-7-3-1-4-8-20/h1-14H,15-18H2. The van der Waals surface area contributed by atoms with Gasteiger partial charge in [-0.1, -0.05) is 36.4 Å². The van der Waals surface area contributed by atoms with E-state index in [1.165, 1.54) is 36.4 Å². The molecule has 178 valence electrons. The van der Waals surface area contributed by atoms with Crippen LogP contribution in [0.25, 0.3) is 11.5 Å². The number of hydrogen-bond acceptors (Lipinski definition) is 6. The van der Waals surface area contributed by atoms with E-state index >= 15 is 0 Å². The first-order valence-corrected chi connectivity index (χ1v) is 12.6. The molecule has 0 atom stereocenters. The molecule has 35 heavy (non-hydrogen) atoms. The van der Waals surface area contributed by atoms with Gasteiger partial charge in [-0.15, -0.1) is 0 Å². The molecule has 1 aromatic heterocycles. The average Bonchev–Trinajstić information content (AvgIpc) is 3.36. The molecule has 0 unspecified atom stereocenters. The maximum atomic E-state index is 13.5. The van der Waals surface area contributed by atoms with Crippen LogP contribution in [-0.2, 0) is 9.84 Å². The van der Waals surface area contributed by atoms with Crippen molar-refractivity contribution in [1.29, 1.82) is 0 Å². The molecule has 0 radical (unpaired) electrons. The van der Waals surface area contributed by atoms with Crippen LogP contribution in [0, 0.1) is 5.82 Å². The number of carbonyl (C=O) groups is 1. The summed E-state index contributed by atoms with van der Waals surface area (Å²) >= 11 is 0. The minimum absolute atomic E-state index is 0.0769. The number of amides is 1. The van der Waals surface area contributed by atoms with Crippen LogP contribution >= 0.6 is 0 Å². The maximum Gasteiger partial charge on any atom is 0.253 e. The van der Waals surface area contributed by atoms with E-state index in [0.717, 1.165) is 0 Å². The Hall–Kier alpha value is -3.98. The summed E-state index contributed by atoms with van der Waals surface area (Å²) in [5, 5.41) is -0.203. The molecule has 1 aliphatic rings. The van der Waals surface area contributed by atoms with Crippen molar-refractivity contribution in [3.8, 4) is 11.5 Å². The van der Waals surface area contributed by atoms with Crippen molar-refractivity contribution in [2.45, 2.75) is 9.92 Å². The molecule has 0 bridgehead atoms. The van der Waals surface area contributed by atoms with Crippen molar-refractivity contribution in [3.05, 3.63) is 96.3 Å². The van der Waals surface area contributed by atoms with Crippen LogP contribution in [-0.4, -0.2) is 50.4 Å². The number of nitrogens with zero attached hydrogens (tertiary/aromatic N) is 3. The monoisotopic (exact) mass is 491 g/mol. The number of rotatable bonds is 5. The van der Waals surface area contributed by atoms with Gasteiger partial charge in [-0.05, 0) is 48.5 Å². The van der Waals surface area contributed by atoms with E-state index in [1.54, 1.807) is 40.1 Å². The van der Waals surface area contributed by atoms with Gasteiger partial charge in [-0.3, -0.25) is 4.79 Å². The highest BCUT2D eigenvalue weighted by Gasteiger charge is 2.33. The molecule has 1 amide bonds. The van der Waals surface area contributed by atoms with Gasteiger partial charge in [0.05, 0.1) is 4.90 Å². The first-order chi connectivity index (χ1) is 16.9. The van der Waals surface area contributed by atoms with E-state index in [0.29, 0.717) is 37.3 Å². The van der Waals surface area contributed by atoms with Crippen LogP contribution in [0.2, 0.25) is 0 Å². The Kier molecular flexibility index (Phi) is 6.08. The third-order valence-electron chi connectivity index (χ3n) is 5.85. The van der Waals surface area contributed by atoms with Crippen LogP contribution < -0.4 is 4.90 Å². The van der Waals surface area contributed by atoms with E-state index in [-0.39, 0.29) is 27.6 Å². The summed E-state index contributed by atoms with van der Waals surface area (Å²) < 4.78 is 46.4. The van der Waals surface area contributed by atoms with Crippen molar-refractivity contribution in [2.75, 3.05) is 31.1 Å². The molecule has 0 saturated carbocycles. The molecule has 2 heterocycles. The summed E-state index contributed by atoms with van der Waals surface area (Å²) in [6.45, 7) is 1.53. The van der Waals surface area contributed by atoms with Gasteiger partial charge >= 0.3 is 0 Å². The van der Waals surface area contributed by atoms with Gasteiger partial charge in [-0.25, -0.2) is 12.8 Å². The second-order valence-electron chi connectivity index (χ2n) is 8.10. The van der Waals surface area contributed by atoms with Crippen LogP contribution in [0.15, 0.2) is 99.3 Å². The third kappa shape index (κ3) is 4.54. The van der Waals surface area contributed by atoms with E-state index in [9.17, 15) is 17.6 Å². The third-order valence-corrected chi connectivity index (χ3v) is 7.52. The first-order valence-electron chi connectivity index (χ1n) is 11.1. The summed E-state index contributed by atoms with van der Waals surface area (Å²) in [6, 6.07) is 22.5. The van der Waals surface area contributed by atoms with Gasteiger partial charge in [0.25, 0.3) is 5.91 Å². The number of aromatic nitrogens is 1. The summed E-state index contributed by atoms with van der Waals surface area (Å²) in [7, 11) is -3.99. The lowest BCUT2D eigenvalue weighted by molar-refractivity contribution is 0.0745. The number of sulfone groups is 1. The number of oxazole rings is 1. The second kappa shape index (κ2) is 9.34. The Morgan fingerprint density at radius 3 is 2.06 bits per heavy atom. The highest BCUT2D eigenvalue weighted by Crippen LogP contribution is 2.35. The predicted molar refractivity (Wildman–Crippen MR) is 128 cm³/mol. The number of carbonyl (C=O) groups excluding carboxylic acids is 1. The zero-order chi connectivity index (χ0) is 24.4. The summed E-state index contributed by atoms with van der Waals surface area (Å²) in [4.78, 5) is 20.8. The number of hydrogen-bond donors (Lipinski definition) is 0. The molecule has 5 rings (SSSR count). The number of anilines is 1. The minimum atomic E-state index is -3.99. The molecular formula is C26H22FN3O4S. The van der Waals surface area contributed by atoms with Gasteiger partial charge in [0.2, 0.25) is 26.6 Å². The fourth-order valence-electron chi connectivity index (χ4n) is 3.98. The second-order valence-corrected chi connectivity index (χ2v) is 9.96. The van der Waals surface area contributed by atoms with Gasteiger partial charge < -0.3 is 14.2 Å². The zero-order valence-electron chi connectivity index (χ0n) is 18.7. The topological polar surface area (TPSA) is 83.7 Å². The SMILES string of the molecule is O=C(c1ccccc1)N1CCN(c2oc(-c3ccc(F)cc3)nc2S(=O)(=O)c2ccccc2)CC1. The van der Waals surface area contributed by atoms with Gasteiger partial charge in [0, 0.05) is 37.3 Å². The number of piperazine rings is 1. The van der Waals surface area contributed by atoms with Gasteiger partial charge in [0.1, 0.15) is 5.82 Å². The van der Waals surface area contributed by atoms with Crippen molar-refractivity contribution in [1.82, 2.24) is 9.88 Å². The molecule has 9 heteroatoms. The summed E-state index contributed by atoms with van der Waals surface area (Å²) in [5.41, 5.74) is 1.06. The Morgan fingerprint density at radius 2 is 1.43 bits per heavy atom.